The van der Waals surface area contributed by atoms with E-state index in [9.17, 15) is 0 Å². The summed E-state index contributed by atoms with van der Waals surface area (Å²) in [5.41, 5.74) is 6.06. The maximum absolute atomic E-state index is 6.06. The standard InChI is InChI=1S/C12H24N2O/c1-9(2)12(13)5-6-14-7-10-3-4-11(8-14)15-10/h9-12H,3-8,13H2,1-2H3. The maximum atomic E-state index is 6.06. The van der Waals surface area contributed by atoms with E-state index in [1.807, 2.05) is 0 Å². The molecule has 3 nitrogen and oxygen atoms in total. The molecule has 0 aromatic heterocycles. The summed E-state index contributed by atoms with van der Waals surface area (Å²) < 4.78 is 5.81. The highest BCUT2D eigenvalue weighted by Gasteiger charge is 2.33. The van der Waals surface area contributed by atoms with Crippen molar-refractivity contribution in [2.75, 3.05) is 19.6 Å². The molecule has 2 heterocycles. The lowest BCUT2D eigenvalue weighted by Crippen LogP contribution is -2.44. The molecule has 2 bridgehead atoms. The molecule has 2 saturated heterocycles. The van der Waals surface area contributed by atoms with E-state index in [0.29, 0.717) is 24.2 Å². The number of ether oxygens (including phenoxy) is 1. The number of likely N-dealkylation sites (tertiary alicyclic amines) is 1. The van der Waals surface area contributed by atoms with Crippen molar-refractivity contribution in [1.29, 1.82) is 0 Å². The normalized spacial score (nSPS) is 33.6. The highest BCUT2D eigenvalue weighted by molar-refractivity contribution is 4.85. The minimum atomic E-state index is 0.352. The van der Waals surface area contributed by atoms with Crippen LogP contribution in [0.1, 0.15) is 33.1 Å². The zero-order valence-corrected chi connectivity index (χ0v) is 9.98. The number of rotatable bonds is 4. The number of morpholine rings is 1. The molecule has 0 saturated carbocycles. The number of hydrogen-bond acceptors (Lipinski definition) is 3. The van der Waals surface area contributed by atoms with Crippen LogP contribution in [0, 0.1) is 5.92 Å². The third kappa shape index (κ3) is 2.92. The first-order chi connectivity index (χ1) is 7.15. The number of nitrogens with zero attached hydrogens (tertiary/aromatic N) is 1. The fraction of sp³-hybridized carbons (Fsp3) is 1.00. The highest BCUT2D eigenvalue weighted by Crippen LogP contribution is 2.26. The van der Waals surface area contributed by atoms with E-state index in [2.05, 4.69) is 18.7 Å². The maximum Gasteiger partial charge on any atom is 0.0707 e. The van der Waals surface area contributed by atoms with Crippen LogP contribution in [0.4, 0.5) is 0 Å². The average Bonchev–Trinajstić information content (AvgIpc) is 2.54. The molecule has 88 valence electrons. The molecule has 2 aliphatic heterocycles. The van der Waals surface area contributed by atoms with Crippen molar-refractivity contribution >= 4 is 0 Å². The van der Waals surface area contributed by atoms with Crippen LogP contribution in [0.3, 0.4) is 0 Å². The minimum absolute atomic E-state index is 0.352. The second-order valence-corrected chi connectivity index (χ2v) is 5.41. The average molecular weight is 212 g/mol. The first kappa shape index (κ1) is 11.4. The summed E-state index contributed by atoms with van der Waals surface area (Å²) in [5.74, 6) is 0.600. The molecule has 3 unspecified atom stereocenters. The lowest BCUT2D eigenvalue weighted by molar-refractivity contribution is -0.0390. The van der Waals surface area contributed by atoms with Crippen molar-refractivity contribution in [3.63, 3.8) is 0 Å². The van der Waals surface area contributed by atoms with Gasteiger partial charge in [0, 0.05) is 19.1 Å². The summed E-state index contributed by atoms with van der Waals surface area (Å²) in [4.78, 5) is 2.54. The van der Waals surface area contributed by atoms with Gasteiger partial charge < -0.3 is 10.5 Å². The smallest absolute Gasteiger partial charge is 0.0707 e. The van der Waals surface area contributed by atoms with Crippen LogP contribution in [0.15, 0.2) is 0 Å². The van der Waals surface area contributed by atoms with E-state index >= 15 is 0 Å². The molecule has 2 aliphatic rings. The second-order valence-electron chi connectivity index (χ2n) is 5.41. The zero-order chi connectivity index (χ0) is 10.8. The molecule has 0 amide bonds. The molecule has 0 aromatic rings. The summed E-state index contributed by atoms with van der Waals surface area (Å²) in [6, 6.07) is 0.352. The molecule has 2 N–H and O–H groups in total. The molecule has 3 heteroatoms. The Hall–Kier alpha value is -0.120. The fourth-order valence-corrected chi connectivity index (χ4v) is 2.55. The van der Waals surface area contributed by atoms with Gasteiger partial charge in [0.1, 0.15) is 0 Å². The Morgan fingerprint density at radius 1 is 1.27 bits per heavy atom. The van der Waals surface area contributed by atoms with Crippen molar-refractivity contribution in [2.24, 2.45) is 11.7 Å². The topological polar surface area (TPSA) is 38.5 Å². The molecule has 0 spiro atoms. The quantitative estimate of drug-likeness (QED) is 0.761. The van der Waals surface area contributed by atoms with Crippen molar-refractivity contribution in [3.05, 3.63) is 0 Å². The van der Waals surface area contributed by atoms with Gasteiger partial charge in [0.05, 0.1) is 12.2 Å². The Labute approximate surface area is 93.0 Å². The highest BCUT2D eigenvalue weighted by atomic mass is 16.5. The SMILES string of the molecule is CC(C)C(N)CCN1CC2CCC(C1)O2. The molecule has 3 atom stereocenters. The van der Waals surface area contributed by atoms with Gasteiger partial charge in [-0.3, -0.25) is 4.90 Å². The second kappa shape index (κ2) is 4.81. The number of hydrogen-bond donors (Lipinski definition) is 1. The van der Waals surface area contributed by atoms with Gasteiger partial charge in [0.25, 0.3) is 0 Å². The summed E-state index contributed by atoms with van der Waals surface area (Å²) in [7, 11) is 0. The summed E-state index contributed by atoms with van der Waals surface area (Å²) >= 11 is 0. The van der Waals surface area contributed by atoms with Crippen LogP contribution >= 0.6 is 0 Å². The zero-order valence-electron chi connectivity index (χ0n) is 9.98. The Balaban J connectivity index is 1.71. The van der Waals surface area contributed by atoms with E-state index in [-0.39, 0.29) is 0 Å². The van der Waals surface area contributed by atoms with Crippen LogP contribution in [-0.2, 0) is 4.74 Å². The molecular formula is C12H24N2O. The van der Waals surface area contributed by atoms with Gasteiger partial charge in [0.15, 0.2) is 0 Å². The van der Waals surface area contributed by atoms with Crippen molar-refractivity contribution < 1.29 is 4.74 Å². The Bertz CT molecular complexity index is 196. The lowest BCUT2D eigenvalue weighted by Gasteiger charge is -2.33. The van der Waals surface area contributed by atoms with E-state index in [1.54, 1.807) is 0 Å². The van der Waals surface area contributed by atoms with E-state index in [4.69, 9.17) is 10.5 Å². The summed E-state index contributed by atoms with van der Waals surface area (Å²) in [5, 5.41) is 0. The van der Waals surface area contributed by atoms with E-state index in [1.165, 1.54) is 12.8 Å². The van der Waals surface area contributed by atoms with Gasteiger partial charge >= 0.3 is 0 Å². The van der Waals surface area contributed by atoms with Crippen molar-refractivity contribution in [3.8, 4) is 0 Å². The predicted molar refractivity (Wildman–Crippen MR) is 61.8 cm³/mol. The van der Waals surface area contributed by atoms with Gasteiger partial charge in [-0.25, -0.2) is 0 Å². The molecule has 2 rings (SSSR count). The van der Waals surface area contributed by atoms with Gasteiger partial charge in [0.2, 0.25) is 0 Å². The van der Waals surface area contributed by atoms with Crippen LogP contribution < -0.4 is 5.73 Å². The van der Waals surface area contributed by atoms with E-state index < -0.39 is 0 Å². The van der Waals surface area contributed by atoms with E-state index in [0.717, 1.165) is 26.1 Å². The molecule has 0 aromatic carbocycles. The van der Waals surface area contributed by atoms with Crippen LogP contribution in [0.2, 0.25) is 0 Å². The molecule has 0 aliphatic carbocycles. The molecule has 2 fully saturated rings. The Kier molecular flexibility index (Phi) is 3.65. The number of nitrogens with two attached hydrogens (primary N) is 1. The Morgan fingerprint density at radius 3 is 2.40 bits per heavy atom. The summed E-state index contributed by atoms with van der Waals surface area (Å²) in [6.07, 6.45) is 4.67. The van der Waals surface area contributed by atoms with Gasteiger partial charge in [-0.05, 0) is 31.7 Å². The van der Waals surface area contributed by atoms with Crippen molar-refractivity contribution in [2.45, 2.75) is 51.4 Å². The molecule has 0 radical (unpaired) electrons. The minimum Gasteiger partial charge on any atom is -0.372 e. The largest absolute Gasteiger partial charge is 0.372 e. The fourth-order valence-electron chi connectivity index (χ4n) is 2.55. The molecule has 15 heavy (non-hydrogen) atoms. The van der Waals surface area contributed by atoms with Crippen LogP contribution in [0.5, 0.6) is 0 Å². The van der Waals surface area contributed by atoms with Crippen molar-refractivity contribution in [1.82, 2.24) is 4.90 Å². The third-order valence-electron chi connectivity index (χ3n) is 3.75. The first-order valence-electron chi connectivity index (χ1n) is 6.28. The first-order valence-corrected chi connectivity index (χ1v) is 6.28. The molecular weight excluding hydrogens is 188 g/mol. The third-order valence-corrected chi connectivity index (χ3v) is 3.75. The van der Waals surface area contributed by atoms with Crippen LogP contribution in [-0.4, -0.2) is 42.8 Å². The van der Waals surface area contributed by atoms with Crippen LogP contribution in [0.25, 0.3) is 0 Å². The lowest BCUT2D eigenvalue weighted by atomic mass is 10.0. The Morgan fingerprint density at radius 2 is 1.87 bits per heavy atom. The van der Waals surface area contributed by atoms with Gasteiger partial charge in [-0.15, -0.1) is 0 Å². The summed E-state index contributed by atoms with van der Waals surface area (Å²) in [6.45, 7) is 7.81. The predicted octanol–water partition coefficient (Wildman–Crippen LogP) is 1.22. The van der Waals surface area contributed by atoms with Gasteiger partial charge in [-0.1, -0.05) is 13.8 Å². The van der Waals surface area contributed by atoms with Gasteiger partial charge in [-0.2, -0.15) is 0 Å². The monoisotopic (exact) mass is 212 g/mol. The number of fused-ring (bicyclic) bond motifs is 2.